The maximum absolute atomic E-state index is 11.2. The summed E-state index contributed by atoms with van der Waals surface area (Å²) in [6.07, 6.45) is 8.54. The Kier molecular flexibility index (Phi) is 7.01. The summed E-state index contributed by atoms with van der Waals surface area (Å²) in [6.45, 7) is 6.09. The van der Waals surface area contributed by atoms with Crippen molar-refractivity contribution in [1.29, 1.82) is 0 Å². The molecule has 2 aromatic heterocycles. The van der Waals surface area contributed by atoms with Crippen molar-refractivity contribution in [3.05, 3.63) is 78.8 Å². The standard InChI is InChI=1S/C20H24N2O2.C6H5NO2/c1-3-13-12-22-9-7-14(13)10-19(22)20(23)16-6-8-21-18-5-4-15(24-2)11-17(16)18;8-6(9)5-2-1-3-7-4-5/h3-6,8,11,13-14,19-20,23H,1,7,9-10,12H2,2H3;1-4H,(H,8,9). The molecule has 0 spiro atoms. The fraction of sp³-hybridized carbons (Fsp3) is 0.346. The minimum absolute atomic E-state index is 0.109. The molecule has 3 aromatic rings. The lowest BCUT2D eigenvalue weighted by Crippen LogP contribution is -2.54. The van der Waals surface area contributed by atoms with Gasteiger partial charge in [0.15, 0.2) is 6.20 Å². The molecule has 2 bridgehead atoms. The van der Waals surface area contributed by atoms with E-state index in [4.69, 9.17) is 4.74 Å². The number of carboxylic acids is 1. The van der Waals surface area contributed by atoms with Crippen molar-refractivity contribution in [2.75, 3.05) is 20.2 Å². The molecule has 3 fully saturated rings. The molecule has 33 heavy (non-hydrogen) atoms. The van der Waals surface area contributed by atoms with Gasteiger partial charge >= 0.3 is 0 Å². The van der Waals surface area contributed by atoms with Crippen molar-refractivity contribution in [2.45, 2.75) is 25.0 Å². The van der Waals surface area contributed by atoms with Gasteiger partial charge < -0.3 is 19.7 Å². The van der Waals surface area contributed by atoms with Crippen LogP contribution in [0.15, 0.2) is 67.6 Å². The summed E-state index contributed by atoms with van der Waals surface area (Å²) in [5.74, 6) is 0.849. The van der Waals surface area contributed by atoms with E-state index in [0.29, 0.717) is 11.8 Å². The molecule has 1 aromatic carbocycles. The number of carboxylic acid groups (broad SMARTS) is 1. The lowest BCUT2D eigenvalue weighted by molar-refractivity contribution is -0.344. The highest BCUT2D eigenvalue weighted by Crippen LogP contribution is 2.42. The fourth-order valence-corrected chi connectivity index (χ4v) is 4.98. The molecule has 5 heterocycles. The predicted octanol–water partition coefficient (Wildman–Crippen LogP) is 2.04. The molecular formula is C26H29N3O4. The number of benzene rings is 1. The second-order valence-electron chi connectivity index (χ2n) is 8.56. The van der Waals surface area contributed by atoms with Crippen LogP contribution in [0.3, 0.4) is 0 Å². The Balaban J connectivity index is 0.000000243. The summed E-state index contributed by atoms with van der Waals surface area (Å²) >= 11 is 0. The number of aliphatic hydroxyl groups is 1. The van der Waals surface area contributed by atoms with E-state index in [1.165, 1.54) is 24.9 Å². The first kappa shape index (κ1) is 22.9. The fourth-order valence-electron chi connectivity index (χ4n) is 4.98. The van der Waals surface area contributed by atoms with Crippen LogP contribution in [0.5, 0.6) is 5.75 Å². The van der Waals surface area contributed by atoms with E-state index >= 15 is 0 Å². The number of piperidine rings is 3. The third-order valence-electron chi connectivity index (χ3n) is 6.77. The van der Waals surface area contributed by atoms with Crippen molar-refractivity contribution >= 4 is 16.9 Å². The van der Waals surface area contributed by atoms with Crippen LogP contribution >= 0.6 is 0 Å². The van der Waals surface area contributed by atoms with E-state index in [9.17, 15) is 15.0 Å². The Morgan fingerprint density at radius 3 is 2.85 bits per heavy atom. The highest BCUT2D eigenvalue weighted by atomic mass is 16.5. The predicted molar refractivity (Wildman–Crippen MR) is 122 cm³/mol. The number of carbonyl (C=O) groups excluding carboxylic acids is 1. The number of aromatic amines is 1. The van der Waals surface area contributed by atoms with E-state index in [1.54, 1.807) is 13.2 Å². The molecule has 0 amide bonds. The second-order valence-corrected chi connectivity index (χ2v) is 8.56. The Bertz CT molecular complexity index is 1120. The van der Waals surface area contributed by atoms with Gasteiger partial charge in [0.05, 0.1) is 24.6 Å². The molecule has 0 saturated carbocycles. The summed E-state index contributed by atoms with van der Waals surface area (Å²) < 4.78 is 5.36. The maximum atomic E-state index is 11.2. The number of hydrogen-bond acceptors (Lipinski definition) is 6. The Morgan fingerprint density at radius 1 is 1.39 bits per heavy atom. The van der Waals surface area contributed by atoms with E-state index in [-0.39, 0.29) is 11.6 Å². The summed E-state index contributed by atoms with van der Waals surface area (Å²) in [4.78, 5) is 19.3. The average molecular weight is 448 g/mol. The molecule has 3 saturated heterocycles. The second kappa shape index (κ2) is 10.1. The molecule has 172 valence electrons. The third kappa shape index (κ3) is 4.89. The molecule has 5 unspecified atom stereocenters. The zero-order valence-electron chi connectivity index (χ0n) is 18.7. The topological polar surface area (TPSA) is 99.9 Å². The van der Waals surface area contributed by atoms with Crippen molar-refractivity contribution in [3.63, 3.8) is 0 Å². The van der Waals surface area contributed by atoms with Gasteiger partial charge in [-0.3, -0.25) is 9.88 Å². The first-order valence-electron chi connectivity index (χ1n) is 11.2. The number of ether oxygens (including phenoxy) is 1. The Labute approximate surface area is 193 Å². The maximum Gasteiger partial charge on any atom is 0.211 e. The molecule has 7 heteroatoms. The highest BCUT2D eigenvalue weighted by molar-refractivity contribution is 5.85. The lowest BCUT2D eigenvalue weighted by Gasteiger charge is -2.50. The quantitative estimate of drug-likeness (QED) is 0.601. The normalized spacial score (nSPS) is 24.4. The summed E-state index contributed by atoms with van der Waals surface area (Å²) in [5, 5.41) is 22.3. The number of aromatic nitrogens is 2. The van der Waals surface area contributed by atoms with E-state index in [0.717, 1.165) is 41.7 Å². The third-order valence-corrected chi connectivity index (χ3v) is 6.77. The van der Waals surface area contributed by atoms with Gasteiger partial charge in [-0.05, 0) is 49.4 Å². The monoisotopic (exact) mass is 447 g/mol. The summed E-state index contributed by atoms with van der Waals surface area (Å²) in [6, 6.07) is 11.1. The molecule has 0 radical (unpaired) electrons. The summed E-state index contributed by atoms with van der Waals surface area (Å²) in [7, 11) is 1.67. The SMILES string of the molecule is C=CC1CN2CCC1CC2C(O)c1cc[nH+]c2ccc(OC)cc12.O=C([O-])c1cccnc1. The number of fused-ring (bicyclic) bond motifs is 4. The van der Waals surface area contributed by atoms with E-state index in [1.807, 2.05) is 30.5 Å². The van der Waals surface area contributed by atoms with E-state index < -0.39 is 12.1 Å². The number of hydrogen-bond donors (Lipinski definition) is 1. The molecule has 2 N–H and O–H groups in total. The van der Waals surface area contributed by atoms with Gasteiger partial charge in [0, 0.05) is 48.2 Å². The van der Waals surface area contributed by atoms with Crippen molar-refractivity contribution < 1.29 is 24.7 Å². The van der Waals surface area contributed by atoms with E-state index in [2.05, 4.69) is 27.5 Å². The number of aliphatic hydroxyl groups excluding tert-OH is 1. The number of methoxy groups -OCH3 is 1. The lowest BCUT2D eigenvalue weighted by atomic mass is 9.73. The van der Waals surface area contributed by atoms with Gasteiger partial charge in [0.1, 0.15) is 5.75 Å². The molecule has 3 aliphatic rings. The number of nitrogens with zero attached hydrogens (tertiary/aromatic N) is 2. The molecule has 3 aliphatic heterocycles. The smallest absolute Gasteiger partial charge is 0.211 e. The summed E-state index contributed by atoms with van der Waals surface area (Å²) in [5.41, 5.74) is 2.11. The van der Waals surface area contributed by atoms with Gasteiger partial charge in [-0.1, -0.05) is 12.1 Å². The van der Waals surface area contributed by atoms with Crippen LogP contribution in [0.2, 0.25) is 0 Å². The zero-order chi connectivity index (χ0) is 23.4. The van der Waals surface area contributed by atoms with Crippen molar-refractivity contribution in [1.82, 2.24) is 9.88 Å². The number of carbonyl (C=O) groups is 1. The highest BCUT2D eigenvalue weighted by Gasteiger charge is 2.42. The van der Waals surface area contributed by atoms with Gasteiger partial charge in [0.2, 0.25) is 5.52 Å². The number of pyridine rings is 2. The minimum Gasteiger partial charge on any atom is -0.545 e. The van der Waals surface area contributed by atoms with Crippen LogP contribution in [0, 0.1) is 11.8 Å². The van der Waals surface area contributed by atoms with Gasteiger partial charge in [-0.2, -0.15) is 0 Å². The number of rotatable bonds is 5. The van der Waals surface area contributed by atoms with Crippen LogP contribution in [-0.2, 0) is 0 Å². The van der Waals surface area contributed by atoms with Crippen molar-refractivity contribution in [3.8, 4) is 5.75 Å². The van der Waals surface area contributed by atoms with Crippen LogP contribution < -0.4 is 14.8 Å². The molecule has 6 rings (SSSR count). The molecular weight excluding hydrogens is 418 g/mol. The molecule has 0 aliphatic carbocycles. The van der Waals surface area contributed by atoms with Gasteiger partial charge in [0.25, 0.3) is 0 Å². The van der Waals surface area contributed by atoms with Crippen LogP contribution in [-0.4, -0.2) is 47.2 Å². The first-order chi connectivity index (χ1) is 16.0. The van der Waals surface area contributed by atoms with Gasteiger partial charge in [-0.15, -0.1) is 6.58 Å². The zero-order valence-corrected chi connectivity index (χ0v) is 18.7. The largest absolute Gasteiger partial charge is 0.545 e. The van der Waals surface area contributed by atoms with Crippen molar-refractivity contribution in [2.24, 2.45) is 11.8 Å². The number of nitrogens with one attached hydrogen (secondary N) is 1. The first-order valence-corrected chi connectivity index (χ1v) is 11.2. The van der Waals surface area contributed by atoms with Gasteiger partial charge in [-0.25, -0.2) is 4.98 Å². The van der Waals surface area contributed by atoms with Crippen LogP contribution in [0.25, 0.3) is 10.9 Å². The Hall–Kier alpha value is -3.29. The van der Waals surface area contributed by atoms with Crippen LogP contribution in [0.1, 0.15) is 34.9 Å². The minimum atomic E-state index is -1.19. The van der Waals surface area contributed by atoms with Crippen LogP contribution in [0.4, 0.5) is 0 Å². The molecule has 5 atom stereocenters. The average Bonchev–Trinajstić information content (AvgIpc) is 2.88. The molecule has 7 nitrogen and oxygen atoms in total. The Morgan fingerprint density at radius 2 is 2.24 bits per heavy atom. The number of aromatic carboxylic acids is 1. The number of H-pyrrole nitrogens is 1.